The minimum absolute atomic E-state index is 0.119. The van der Waals surface area contributed by atoms with Crippen LogP contribution in [0.5, 0.6) is 0 Å². The second kappa shape index (κ2) is 9.24. The summed E-state index contributed by atoms with van der Waals surface area (Å²) in [6.45, 7) is 22.8. The highest BCUT2D eigenvalue weighted by atomic mass is 28.4. The van der Waals surface area contributed by atoms with Gasteiger partial charge in [0.1, 0.15) is 5.57 Å². The zero-order valence-electron chi connectivity index (χ0n) is 17.9. The van der Waals surface area contributed by atoms with E-state index in [0.717, 1.165) is 22.7 Å². The molecular weight excluding hydrogens is 385 g/mol. The Morgan fingerprint density at radius 2 is 1.24 bits per heavy atom. The quantitative estimate of drug-likeness (QED) is 0.168. The zero-order chi connectivity index (χ0) is 20.1. The highest BCUT2D eigenvalue weighted by molar-refractivity contribution is 6.72. The number of carbonyl (C=O) groups is 1. The SMILES string of the molecule is C=C(C(=O)OCCC[SiH3])C(O[Si](C)(C)C)(O[Si](C)(C)C)O[Si](C)(C)C. The summed E-state index contributed by atoms with van der Waals surface area (Å²) < 4.78 is 24.4. The van der Waals surface area contributed by atoms with Gasteiger partial charge in [-0.2, -0.15) is 0 Å². The van der Waals surface area contributed by atoms with Crippen molar-refractivity contribution in [2.24, 2.45) is 0 Å². The maximum atomic E-state index is 12.6. The molecule has 0 aromatic heterocycles. The Bertz CT molecular complexity index is 420. The number of carbonyl (C=O) groups excluding carboxylic acids is 1. The van der Waals surface area contributed by atoms with Crippen molar-refractivity contribution in [3.05, 3.63) is 12.2 Å². The number of ether oxygens (including phenoxy) is 1. The van der Waals surface area contributed by atoms with Gasteiger partial charge in [0, 0.05) is 10.2 Å². The molecule has 25 heavy (non-hydrogen) atoms. The molecule has 5 nitrogen and oxygen atoms in total. The van der Waals surface area contributed by atoms with E-state index in [0.29, 0.717) is 6.61 Å². The van der Waals surface area contributed by atoms with E-state index >= 15 is 0 Å². The first-order valence-electron chi connectivity index (χ1n) is 8.98. The maximum Gasteiger partial charge on any atom is 0.341 e. The molecule has 0 saturated carbocycles. The third-order valence-corrected chi connectivity index (χ3v) is 6.02. The molecular formula is C16H38O5Si4. The summed E-state index contributed by atoms with van der Waals surface area (Å²) in [5.74, 6) is -2.04. The fourth-order valence-electron chi connectivity index (χ4n) is 1.98. The summed E-state index contributed by atoms with van der Waals surface area (Å²) in [6, 6.07) is 1.09. The van der Waals surface area contributed by atoms with Crippen LogP contribution < -0.4 is 0 Å². The molecule has 0 aromatic carbocycles. The van der Waals surface area contributed by atoms with Gasteiger partial charge in [0.2, 0.25) is 0 Å². The average Bonchev–Trinajstić information content (AvgIpc) is 2.31. The van der Waals surface area contributed by atoms with E-state index in [9.17, 15) is 4.79 Å². The van der Waals surface area contributed by atoms with Gasteiger partial charge in [-0.1, -0.05) is 12.6 Å². The van der Waals surface area contributed by atoms with Crippen LogP contribution in [0.3, 0.4) is 0 Å². The topological polar surface area (TPSA) is 54.0 Å². The van der Waals surface area contributed by atoms with Crippen molar-refractivity contribution in [3.63, 3.8) is 0 Å². The van der Waals surface area contributed by atoms with Crippen molar-refractivity contribution in [3.8, 4) is 0 Å². The van der Waals surface area contributed by atoms with Crippen LogP contribution in [0.2, 0.25) is 65.0 Å². The van der Waals surface area contributed by atoms with Gasteiger partial charge >= 0.3 is 5.97 Å². The molecule has 0 spiro atoms. The first kappa shape index (κ1) is 25.0. The average molecular weight is 423 g/mol. The highest BCUT2D eigenvalue weighted by Crippen LogP contribution is 2.35. The molecule has 0 atom stereocenters. The molecule has 0 aromatic rings. The largest absolute Gasteiger partial charge is 0.462 e. The molecule has 0 aliphatic carbocycles. The molecule has 0 aliphatic rings. The van der Waals surface area contributed by atoms with Gasteiger partial charge in [-0.05, 0) is 65.3 Å². The van der Waals surface area contributed by atoms with Crippen LogP contribution in [0.4, 0.5) is 0 Å². The first-order chi connectivity index (χ1) is 11.0. The normalized spacial score (nSPS) is 13.8. The Balaban J connectivity index is 5.86. The minimum Gasteiger partial charge on any atom is -0.462 e. The van der Waals surface area contributed by atoms with E-state index in [4.69, 9.17) is 18.0 Å². The van der Waals surface area contributed by atoms with Crippen LogP contribution in [0.15, 0.2) is 12.2 Å². The van der Waals surface area contributed by atoms with Gasteiger partial charge in [0.05, 0.1) is 6.61 Å². The van der Waals surface area contributed by atoms with Crippen molar-refractivity contribution in [1.82, 2.24) is 0 Å². The molecule has 0 amide bonds. The number of rotatable bonds is 11. The summed E-state index contributed by atoms with van der Waals surface area (Å²) in [5, 5.41) is 0. The molecule has 0 fully saturated rings. The van der Waals surface area contributed by atoms with Crippen molar-refractivity contribution < 1.29 is 22.8 Å². The van der Waals surface area contributed by atoms with Gasteiger partial charge in [0.25, 0.3) is 5.97 Å². The summed E-state index contributed by atoms with van der Waals surface area (Å²) >= 11 is 0. The lowest BCUT2D eigenvalue weighted by molar-refractivity contribution is -0.242. The second-order valence-electron chi connectivity index (χ2n) is 9.17. The Hall–Kier alpha value is -0.0425. The third-order valence-electron chi connectivity index (χ3n) is 2.67. The molecule has 0 heterocycles. The van der Waals surface area contributed by atoms with Gasteiger partial charge in [-0.25, -0.2) is 4.79 Å². The summed E-state index contributed by atoms with van der Waals surface area (Å²) in [6.07, 6.45) is 0.872. The predicted octanol–water partition coefficient (Wildman–Crippen LogP) is 3.47. The first-order valence-corrected chi connectivity index (χ1v) is 20.6. The lowest BCUT2D eigenvalue weighted by Crippen LogP contribution is -2.58. The summed E-state index contributed by atoms with van der Waals surface area (Å²) in [7, 11) is -5.22. The molecule has 9 heteroatoms. The van der Waals surface area contributed by atoms with Crippen LogP contribution in [0.25, 0.3) is 0 Å². The Morgan fingerprint density at radius 3 is 1.52 bits per heavy atom. The Kier molecular flexibility index (Phi) is 9.23. The van der Waals surface area contributed by atoms with Crippen molar-refractivity contribution in [2.45, 2.75) is 77.4 Å². The van der Waals surface area contributed by atoms with Gasteiger partial charge in [0.15, 0.2) is 25.0 Å². The lowest BCUT2D eigenvalue weighted by Gasteiger charge is -2.45. The Labute approximate surface area is 160 Å². The zero-order valence-corrected chi connectivity index (χ0v) is 22.9. The molecule has 0 saturated heterocycles. The van der Waals surface area contributed by atoms with E-state index in [2.05, 4.69) is 6.58 Å². The molecule has 0 aliphatic heterocycles. The summed E-state index contributed by atoms with van der Waals surface area (Å²) in [5.41, 5.74) is 0.119. The van der Waals surface area contributed by atoms with Crippen LogP contribution in [-0.4, -0.2) is 53.7 Å². The number of hydrogen-bond acceptors (Lipinski definition) is 5. The van der Waals surface area contributed by atoms with Crippen LogP contribution in [0.1, 0.15) is 6.42 Å². The fraction of sp³-hybridized carbons (Fsp3) is 0.812. The number of hydrogen-bond donors (Lipinski definition) is 0. The van der Waals surface area contributed by atoms with E-state index in [-0.39, 0.29) is 5.57 Å². The molecule has 0 radical (unpaired) electrons. The predicted molar refractivity (Wildman–Crippen MR) is 115 cm³/mol. The van der Waals surface area contributed by atoms with Crippen LogP contribution >= 0.6 is 0 Å². The van der Waals surface area contributed by atoms with Crippen LogP contribution in [-0.2, 0) is 22.8 Å². The maximum absolute atomic E-state index is 12.6. The molecule has 0 rings (SSSR count). The molecule has 0 unspecified atom stereocenters. The number of esters is 1. The van der Waals surface area contributed by atoms with Gasteiger partial charge < -0.3 is 18.0 Å². The Morgan fingerprint density at radius 1 is 0.880 bits per heavy atom. The van der Waals surface area contributed by atoms with E-state index in [1.54, 1.807) is 0 Å². The molecule has 0 N–H and O–H groups in total. The van der Waals surface area contributed by atoms with Gasteiger partial charge in [-0.15, -0.1) is 0 Å². The van der Waals surface area contributed by atoms with Crippen LogP contribution in [0, 0.1) is 0 Å². The van der Waals surface area contributed by atoms with E-state index in [1.165, 1.54) is 0 Å². The second-order valence-corrected chi connectivity index (χ2v) is 23.5. The van der Waals surface area contributed by atoms with E-state index in [1.807, 2.05) is 58.9 Å². The van der Waals surface area contributed by atoms with Crippen molar-refractivity contribution >= 4 is 41.2 Å². The summed E-state index contributed by atoms with van der Waals surface area (Å²) in [4.78, 5) is 12.6. The third kappa shape index (κ3) is 10.6. The fourth-order valence-corrected chi connectivity index (χ4v) is 5.55. The van der Waals surface area contributed by atoms with Crippen molar-refractivity contribution in [2.75, 3.05) is 6.61 Å². The smallest absolute Gasteiger partial charge is 0.341 e. The molecule has 0 bridgehead atoms. The van der Waals surface area contributed by atoms with Gasteiger partial charge in [-0.3, -0.25) is 0 Å². The van der Waals surface area contributed by atoms with E-state index < -0.39 is 36.9 Å². The molecule has 148 valence electrons. The highest BCUT2D eigenvalue weighted by Gasteiger charge is 2.50. The monoisotopic (exact) mass is 422 g/mol. The lowest BCUT2D eigenvalue weighted by atomic mass is 10.2. The standard InChI is InChI=1S/C16H38O5Si4/c1-14(15(17)18-12-11-13-22)16(19-23(2,3)4,20-24(5,6)7)21-25(8,9)10/h1,11-13H2,2-10,22H3. The minimum atomic E-state index is -2.11. The van der Waals surface area contributed by atoms with Crippen molar-refractivity contribution in [1.29, 1.82) is 0 Å².